The first-order valence-corrected chi connectivity index (χ1v) is 6.07. The standard InChI is InChI=1S/C12H17N3O5/c13-7-3-1-6(2-4-7)11(19)14-15-12-10(18)9(17)8(5-16)20-12/h1-4,8-10,12,15-18H,5,13H2,(H,14,19)/t8-,9+,10+,12-/m1/s1. The van der Waals surface area contributed by atoms with Gasteiger partial charge in [-0.2, -0.15) is 0 Å². The van der Waals surface area contributed by atoms with Crippen molar-refractivity contribution in [2.75, 3.05) is 12.3 Å². The Morgan fingerprint density at radius 1 is 1.25 bits per heavy atom. The van der Waals surface area contributed by atoms with Crippen molar-refractivity contribution in [3.05, 3.63) is 29.8 Å². The summed E-state index contributed by atoms with van der Waals surface area (Å²) in [7, 11) is 0. The van der Waals surface area contributed by atoms with E-state index in [1.807, 2.05) is 0 Å². The highest BCUT2D eigenvalue weighted by Gasteiger charge is 2.42. The summed E-state index contributed by atoms with van der Waals surface area (Å²) in [4.78, 5) is 11.8. The van der Waals surface area contributed by atoms with Gasteiger partial charge in [-0.3, -0.25) is 10.2 Å². The quantitative estimate of drug-likeness (QED) is 0.276. The van der Waals surface area contributed by atoms with Crippen LogP contribution in [0, 0.1) is 0 Å². The molecule has 1 fully saturated rings. The summed E-state index contributed by atoms with van der Waals surface area (Å²) >= 11 is 0. The fraction of sp³-hybridized carbons (Fsp3) is 0.417. The number of anilines is 1. The van der Waals surface area contributed by atoms with E-state index >= 15 is 0 Å². The second kappa shape index (κ2) is 6.16. The molecule has 8 heteroatoms. The van der Waals surface area contributed by atoms with Crippen molar-refractivity contribution in [1.29, 1.82) is 0 Å². The zero-order valence-corrected chi connectivity index (χ0v) is 10.6. The summed E-state index contributed by atoms with van der Waals surface area (Å²) in [6, 6.07) is 6.26. The smallest absolute Gasteiger partial charge is 0.265 e. The average molecular weight is 283 g/mol. The Hall–Kier alpha value is -1.71. The first kappa shape index (κ1) is 14.7. The molecule has 110 valence electrons. The van der Waals surface area contributed by atoms with Crippen LogP contribution in [0.4, 0.5) is 5.69 Å². The molecule has 1 saturated heterocycles. The number of benzene rings is 1. The van der Waals surface area contributed by atoms with Crippen LogP contribution in [0.2, 0.25) is 0 Å². The number of hydrogen-bond donors (Lipinski definition) is 6. The van der Waals surface area contributed by atoms with E-state index in [9.17, 15) is 15.0 Å². The second-order valence-corrected chi connectivity index (χ2v) is 4.48. The highest BCUT2D eigenvalue weighted by molar-refractivity contribution is 5.94. The molecule has 0 spiro atoms. The van der Waals surface area contributed by atoms with Crippen LogP contribution in [-0.2, 0) is 4.74 Å². The summed E-state index contributed by atoms with van der Waals surface area (Å²) in [5, 5.41) is 28.1. The van der Waals surface area contributed by atoms with Crippen LogP contribution >= 0.6 is 0 Å². The van der Waals surface area contributed by atoms with E-state index < -0.39 is 37.1 Å². The maximum atomic E-state index is 11.8. The molecule has 1 heterocycles. The maximum Gasteiger partial charge on any atom is 0.265 e. The molecule has 1 aromatic carbocycles. The van der Waals surface area contributed by atoms with E-state index in [0.717, 1.165) is 0 Å². The van der Waals surface area contributed by atoms with Gasteiger partial charge in [-0.05, 0) is 24.3 Å². The van der Waals surface area contributed by atoms with Crippen LogP contribution in [0.3, 0.4) is 0 Å². The lowest BCUT2D eigenvalue weighted by molar-refractivity contribution is -0.0375. The van der Waals surface area contributed by atoms with Crippen LogP contribution in [-0.4, -0.2) is 52.4 Å². The molecule has 0 unspecified atom stereocenters. The Morgan fingerprint density at radius 3 is 2.45 bits per heavy atom. The Kier molecular flexibility index (Phi) is 4.53. The molecule has 1 amide bonds. The summed E-state index contributed by atoms with van der Waals surface area (Å²) in [6.45, 7) is -0.428. The van der Waals surface area contributed by atoms with Gasteiger partial charge in [0, 0.05) is 11.3 Å². The summed E-state index contributed by atoms with van der Waals surface area (Å²) in [5.74, 6) is -0.442. The van der Waals surface area contributed by atoms with Crippen molar-refractivity contribution in [2.45, 2.75) is 24.5 Å². The molecule has 0 saturated carbocycles. The number of carbonyl (C=O) groups excluding carboxylic acids is 1. The Morgan fingerprint density at radius 2 is 1.90 bits per heavy atom. The number of aliphatic hydroxyl groups excluding tert-OH is 3. The maximum absolute atomic E-state index is 11.8. The van der Waals surface area contributed by atoms with Crippen LogP contribution in [0.15, 0.2) is 24.3 Å². The summed E-state index contributed by atoms with van der Waals surface area (Å²) < 4.78 is 5.14. The fourth-order valence-corrected chi connectivity index (χ4v) is 1.86. The number of amides is 1. The fourth-order valence-electron chi connectivity index (χ4n) is 1.86. The third-order valence-electron chi connectivity index (χ3n) is 3.04. The molecule has 0 radical (unpaired) electrons. The Labute approximate surface area is 115 Å². The lowest BCUT2D eigenvalue weighted by Gasteiger charge is -2.17. The number of carbonyl (C=O) groups is 1. The van der Waals surface area contributed by atoms with E-state index in [4.69, 9.17) is 15.6 Å². The van der Waals surface area contributed by atoms with Crippen molar-refractivity contribution < 1.29 is 24.9 Å². The predicted molar refractivity (Wildman–Crippen MR) is 69.2 cm³/mol. The Balaban J connectivity index is 1.89. The number of aliphatic hydroxyl groups is 3. The lowest BCUT2D eigenvalue weighted by atomic mass is 10.1. The normalized spacial score (nSPS) is 29.4. The number of hydrazine groups is 1. The third kappa shape index (κ3) is 3.06. The number of nitrogens with one attached hydrogen (secondary N) is 2. The first-order chi connectivity index (χ1) is 9.52. The van der Waals surface area contributed by atoms with Crippen molar-refractivity contribution in [3.8, 4) is 0 Å². The van der Waals surface area contributed by atoms with Gasteiger partial charge < -0.3 is 25.8 Å². The highest BCUT2D eigenvalue weighted by atomic mass is 16.6. The minimum absolute atomic E-state index is 0.374. The molecule has 1 aliphatic rings. The monoisotopic (exact) mass is 283 g/mol. The van der Waals surface area contributed by atoms with Gasteiger partial charge in [0.05, 0.1) is 6.61 Å². The van der Waals surface area contributed by atoms with E-state index in [-0.39, 0.29) is 0 Å². The lowest BCUT2D eigenvalue weighted by Crippen LogP contribution is -2.49. The van der Waals surface area contributed by atoms with Gasteiger partial charge in [0.25, 0.3) is 5.91 Å². The molecule has 7 N–H and O–H groups in total. The molecule has 4 atom stereocenters. The van der Waals surface area contributed by atoms with Crippen molar-refractivity contribution in [3.63, 3.8) is 0 Å². The van der Waals surface area contributed by atoms with Crippen molar-refractivity contribution in [1.82, 2.24) is 10.9 Å². The first-order valence-electron chi connectivity index (χ1n) is 6.07. The summed E-state index contributed by atoms with van der Waals surface area (Å²) in [6.07, 6.45) is -4.36. The van der Waals surface area contributed by atoms with Gasteiger partial charge in [0.15, 0.2) is 6.23 Å². The molecule has 1 aliphatic heterocycles. The topological polar surface area (TPSA) is 137 Å². The van der Waals surface area contributed by atoms with Crippen LogP contribution in [0.25, 0.3) is 0 Å². The van der Waals surface area contributed by atoms with Crippen molar-refractivity contribution >= 4 is 11.6 Å². The molecule has 0 aromatic heterocycles. The number of ether oxygens (including phenoxy) is 1. The van der Waals surface area contributed by atoms with Gasteiger partial charge in [0.1, 0.15) is 18.3 Å². The van der Waals surface area contributed by atoms with Gasteiger partial charge >= 0.3 is 0 Å². The van der Waals surface area contributed by atoms with Gasteiger partial charge in [-0.15, -0.1) is 0 Å². The number of nitrogens with two attached hydrogens (primary N) is 1. The minimum atomic E-state index is -1.25. The molecule has 2 rings (SSSR count). The predicted octanol–water partition coefficient (Wildman–Crippen LogP) is -2.06. The zero-order chi connectivity index (χ0) is 14.7. The molecule has 20 heavy (non-hydrogen) atoms. The average Bonchev–Trinajstić information content (AvgIpc) is 2.73. The minimum Gasteiger partial charge on any atom is -0.399 e. The highest BCUT2D eigenvalue weighted by Crippen LogP contribution is 2.18. The largest absolute Gasteiger partial charge is 0.399 e. The van der Waals surface area contributed by atoms with E-state index in [2.05, 4.69) is 10.9 Å². The molecule has 0 bridgehead atoms. The van der Waals surface area contributed by atoms with Crippen LogP contribution < -0.4 is 16.6 Å². The van der Waals surface area contributed by atoms with E-state index in [0.29, 0.717) is 11.3 Å². The number of rotatable bonds is 4. The molecule has 0 aliphatic carbocycles. The number of nitrogen functional groups attached to an aromatic ring is 1. The Bertz CT molecular complexity index is 467. The van der Waals surface area contributed by atoms with Gasteiger partial charge in [-0.25, -0.2) is 5.43 Å². The molecular formula is C12H17N3O5. The van der Waals surface area contributed by atoms with E-state index in [1.54, 1.807) is 24.3 Å². The molecule has 1 aromatic rings. The molecule has 8 nitrogen and oxygen atoms in total. The second-order valence-electron chi connectivity index (χ2n) is 4.48. The SMILES string of the molecule is Nc1ccc(C(=O)NN[C@@H]2O[C@H](CO)[C@H](O)[C@@H]2O)cc1. The van der Waals surface area contributed by atoms with Crippen molar-refractivity contribution in [2.24, 2.45) is 0 Å². The van der Waals surface area contributed by atoms with E-state index in [1.165, 1.54) is 0 Å². The van der Waals surface area contributed by atoms with Crippen LogP contribution in [0.1, 0.15) is 10.4 Å². The summed E-state index contributed by atoms with van der Waals surface area (Å²) in [5.41, 5.74) is 11.2. The van der Waals surface area contributed by atoms with Gasteiger partial charge in [0.2, 0.25) is 0 Å². The number of hydrogen-bond acceptors (Lipinski definition) is 7. The van der Waals surface area contributed by atoms with Gasteiger partial charge in [-0.1, -0.05) is 0 Å². The zero-order valence-electron chi connectivity index (χ0n) is 10.6. The third-order valence-corrected chi connectivity index (χ3v) is 3.04. The van der Waals surface area contributed by atoms with Crippen LogP contribution in [0.5, 0.6) is 0 Å². The molecular weight excluding hydrogens is 266 g/mol.